The van der Waals surface area contributed by atoms with Crippen molar-refractivity contribution in [3.63, 3.8) is 0 Å². The summed E-state index contributed by atoms with van der Waals surface area (Å²) < 4.78 is 5.43. The maximum Gasteiger partial charge on any atom is 0.289 e. The van der Waals surface area contributed by atoms with Crippen molar-refractivity contribution < 1.29 is 4.74 Å². The molecule has 0 N–H and O–H groups in total. The Kier molecular flexibility index (Phi) is 2.06. The second-order valence-corrected chi connectivity index (χ2v) is 4.09. The highest BCUT2D eigenvalue weighted by Gasteiger charge is 2.32. The summed E-state index contributed by atoms with van der Waals surface area (Å²) in [5, 5.41) is 0. The number of rotatable bonds is 0. The number of benzene rings is 1. The van der Waals surface area contributed by atoms with E-state index >= 15 is 0 Å². The van der Waals surface area contributed by atoms with Crippen LogP contribution in [-0.2, 0) is 11.3 Å². The van der Waals surface area contributed by atoms with Crippen molar-refractivity contribution >= 4 is 17.6 Å². The fraction of sp³-hybridized carbons (Fsp3) is 0.364. The van der Waals surface area contributed by atoms with E-state index in [0.29, 0.717) is 12.6 Å². The van der Waals surface area contributed by atoms with Crippen molar-refractivity contribution in [2.75, 3.05) is 13.2 Å². The zero-order valence-electron chi connectivity index (χ0n) is 8.19. The first-order chi connectivity index (χ1) is 7.36. The molecule has 0 aromatic heterocycles. The summed E-state index contributed by atoms with van der Waals surface area (Å²) in [6, 6.07) is 8.88. The molecule has 0 amide bonds. The van der Waals surface area contributed by atoms with Gasteiger partial charge in [0.1, 0.15) is 12.1 Å². The van der Waals surface area contributed by atoms with Gasteiger partial charge in [-0.1, -0.05) is 35.9 Å². The second-order valence-electron chi connectivity index (χ2n) is 3.68. The van der Waals surface area contributed by atoms with Crippen LogP contribution >= 0.6 is 11.6 Å². The van der Waals surface area contributed by atoms with E-state index in [0.717, 1.165) is 18.7 Å². The molecule has 0 aliphatic carbocycles. The van der Waals surface area contributed by atoms with Gasteiger partial charge in [-0.15, -0.1) is 0 Å². The SMILES string of the molecule is ClC1c2ccccc2CN1C1=NCCO1. The van der Waals surface area contributed by atoms with Gasteiger partial charge in [-0.05, 0) is 11.1 Å². The zero-order valence-corrected chi connectivity index (χ0v) is 8.94. The number of nitrogens with zero attached hydrogens (tertiary/aromatic N) is 2. The maximum absolute atomic E-state index is 6.35. The van der Waals surface area contributed by atoms with Crippen LogP contribution in [0.15, 0.2) is 29.3 Å². The number of fused-ring (bicyclic) bond motifs is 1. The summed E-state index contributed by atoms with van der Waals surface area (Å²) in [6.07, 6.45) is 0. The van der Waals surface area contributed by atoms with Crippen molar-refractivity contribution in [3.05, 3.63) is 35.4 Å². The molecular formula is C11H11ClN2O. The molecule has 3 rings (SSSR count). The third kappa shape index (κ3) is 1.38. The third-order valence-corrected chi connectivity index (χ3v) is 3.21. The van der Waals surface area contributed by atoms with E-state index < -0.39 is 0 Å². The first-order valence-corrected chi connectivity index (χ1v) is 5.45. The van der Waals surface area contributed by atoms with E-state index in [1.165, 1.54) is 5.56 Å². The van der Waals surface area contributed by atoms with E-state index in [-0.39, 0.29) is 5.50 Å². The van der Waals surface area contributed by atoms with Gasteiger partial charge < -0.3 is 9.64 Å². The van der Waals surface area contributed by atoms with Crippen LogP contribution in [0.25, 0.3) is 0 Å². The molecule has 0 spiro atoms. The van der Waals surface area contributed by atoms with Crippen molar-refractivity contribution in [3.8, 4) is 0 Å². The van der Waals surface area contributed by atoms with Crippen LogP contribution in [0, 0.1) is 0 Å². The summed E-state index contributed by atoms with van der Waals surface area (Å²) >= 11 is 6.35. The molecule has 0 saturated carbocycles. The quantitative estimate of drug-likeness (QED) is 0.496. The normalized spacial score (nSPS) is 23.7. The number of ether oxygens (including phenoxy) is 1. The summed E-state index contributed by atoms with van der Waals surface area (Å²) in [5.41, 5.74) is 2.28. The van der Waals surface area contributed by atoms with Crippen molar-refractivity contribution in [1.82, 2.24) is 4.90 Å². The fourth-order valence-electron chi connectivity index (χ4n) is 2.00. The summed E-state index contributed by atoms with van der Waals surface area (Å²) in [4.78, 5) is 6.29. The zero-order chi connectivity index (χ0) is 10.3. The maximum atomic E-state index is 6.35. The van der Waals surface area contributed by atoms with Crippen LogP contribution in [0.3, 0.4) is 0 Å². The van der Waals surface area contributed by atoms with Crippen LogP contribution in [0.1, 0.15) is 16.6 Å². The van der Waals surface area contributed by atoms with Gasteiger partial charge in [0.15, 0.2) is 0 Å². The highest BCUT2D eigenvalue weighted by molar-refractivity contribution is 6.21. The summed E-state index contributed by atoms with van der Waals surface area (Å²) in [5.74, 6) is 0. The molecule has 2 aliphatic heterocycles. The molecule has 1 atom stereocenters. The Balaban J connectivity index is 1.92. The highest BCUT2D eigenvalue weighted by atomic mass is 35.5. The minimum Gasteiger partial charge on any atom is -0.463 e. The number of alkyl halides is 1. The van der Waals surface area contributed by atoms with E-state index in [1.54, 1.807) is 0 Å². The predicted molar refractivity (Wildman–Crippen MR) is 58.8 cm³/mol. The highest BCUT2D eigenvalue weighted by Crippen LogP contribution is 2.37. The number of hydrogen-bond donors (Lipinski definition) is 0. The van der Waals surface area contributed by atoms with E-state index in [4.69, 9.17) is 16.3 Å². The van der Waals surface area contributed by atoms with E-state index in [1.807, 2.05) is 17.0 Å². The topological polar surface area (TPSA) is 24.8 Å². The van der Waals surface area contributed by atoms with Crippen LogP contribution in [-0.4, -0.2) is 24.1 Å². The minimum atomic E-state index is -0.141. The van der Waals surface area contributed by atoms with Crippen LogP contribution < -0.4 is 0 Å². The molecule has 0 radical (unpaired) electrons. The number of hydrogen-bond acceptors (Lipinski definition) is 3. The lowest BCUT2D eigenvalue weighted by Gasteiger charge is -2.20. The Labute approximate surface area is 93.3 Å². The fourth-order valence-corrected chi connectivity index (χ4v) is 2.37. The van der Waals surface area contributed by atoms with E-state index in [2.05, 4.69) is 17.1 Å². The summed E-state index contributed by atoms with van der Waals surface area (Å²) in [6.45, 7) is 2.21. The molecule has 4 heteroatoms. The molecule has 2 heterocycles. The molecule has 1 aromatic carbocycles. The Hall–Kier alpha value is -1.22. The lowest BCUT2D eigenvalue weighted by molar-refractivity contribution is 0.261. The Morgan fingerprint density at radius 3 is 3.00 bits per heavy atom. The molecule has 3 nitrogen and oxygen atoms in total. The van der Waals surface area contributed by atoms with Crippen molar-refractivity contribution in [2.45, 2.75) is 12.0 Å². The average molecular weight is 223 g/mol. The molecule has 15 heavy (non-hydrogen) atoms. The molecule has 0 fully saturated rings. The smallest absolute Gasteiger partial charge is 0.289 e. The van der Waals surface area contributed by atoms with Gasteiger partial charge in [0.25, 0.3) is 6.02 Å². The van der Waals surface area contributed by atoms with Gasteiger partial charge >= 0.3 is 0 Å². The number of amidine groups is 1. The molecule has 1 unspecified atom stereocenters. The van der Waals surface area contributed by atoms with Gasteiger partial charge in [0.05, 0.1) is 6.54 Å². The second kappa shape index (κ2) is 3.42. The molecule has 2 aliphatic rings. The van der Waals surface area contributed by atoms with Crippen LogP contribution in [0.4, 0.5) is 0 Å². The van der Waals surface area contributed by atoms with Gasteiger partial charge in [-0.3, -0.25) is 0 Å². The Bertz CT molecular complexity index is 419. The van der Waals surface area contributed by atoms with Gasteiger partial charge in [0.2, 0.25) is 0 Å². The first kappa shape index (κ1) is 9.04. The standard InChI is InChI=1S/C11H11ClN2O/c12-10-9-4-2-1-3-8(9)7-14(10)11-13-5-6-15-11/h1-4,10H,5-7H2. The first-order valence-electron chi connectivity index (χ1n) is 5.02. The average Bonchev–Trinajstić information content (AvgIpc) is 2.87. The molecule has 0 saturated heterocycles. The van der Waals surface area contributed by atoms with Gasteiger partial charge in [-0.2, -0.15) is 0 Å². The number of halogens is 1. The molecule has 0 bridgehead atoms. The Morgan fingerprint density at radius 1 is 1.40 bits per heavy atom. The Morgan fingerprint density at radius 2 is 2.27 bits per heavy atom. The van der Waals surface area contributed by atoms with E-state index in [9.17, 15) is 0 Å². The van der Waals surface area contributed by atoms with Gasteiger partial charge in [0, 0.05) is 6.54 Å². The molecular weight excluding hydrogens is 212 g/mol. The lowest BCUT2D eigenvalue weighted by atomic mass is 10.1. The monoisotopic (exact) mass is 222 g/mol. The van der Waals surface area contributed by atoms with Crippen molar-refractivity contribution in [2.24, 2.45) is 4.99 Å². The molecule has 1 aromatic rings. The minimum absolute atomic E-state index is 0.141. The summed E-state index contributed by atoms with van der Waals surface area (Å²) in [7, 11) is 0. The molecule has 78 valence electrons. The van der Waals surface area contributed by atoms with Crippen molar-refractivity contribution in [1.29, 1.82) is 0 Å². The van der Waals surface area contributed by atoms with Crippen LogP contribution in [0.5, 0.6) is 0 Å². The largest absolute Gasteiger partial charge is 0.463 e. The number of aliphatic imine (C=N–C) groups is 1. The van der Waals surface area contributed by atoms with Crippen LogP contribution in [0.2, 0.25) is 0 Å². The lowest BCUT2D eigenvalue weighted by Crippen LogP contribution is -2.27. The van der Waals surface area contributed by atoms with Gasteiger partial charge in [-0.25, -0.2) is 4.99 Å². The predicted octanol–water partition coefficient (Wildman–Crippen LogP) is 2.13. The third-order valence-electron chi connectivity index (χ3n) is 2.74.